The van der Waals surface area contributed by atoms with E-state index in [-0.39, 0.29) is 17.5 Å². The van der Waals surface area contributed by atoms with E-state index in [1.54, 1.807) is 12.1 Å². The molecule has 0 heterocycles. The highest BCUT2D eigenvalue weighted by Crippen LogP contribution is 2.13. The summed E-state index contributed by atoms with van der Waals surface area (Å²) in [4.78, 5) is 21.4. The largest absolute Gasteiger partial charge is 0.478 e. The number of benzene rings is 1. The molecule has 0 spiro atoms. The van der Waals surface area contributed by atoms with Crippen molar-refractivity contribution in [1.82, 2.24) is 5.32 Å². The van der Waals surface area contributed by atoms with Gasteiger partial charge < -0.3 is 10.4 Å². The van der Waals surface area contributed by atoms with E-state index in [2.05, 4.69) is 5.32 Å². The number of amides is 1. The smallest absolute Gasteiger partial charge is 0.335 e. The van der Waals surface area contributed by atoms with Gasteiger partial charge in [-0.25, -0.2) is 4.79 Å². The molecule has 1 aromatic rings. The van der Waals surface area contributed by atoms with Crippen LogP contribution in [0.5, 0.6) is 0 Å². The Morgan fingerprint density at radius 3 is 2.20 bits per heavy atom. The third kappa shape index (κ3) is 3.09. The number of nitrogens with one attached hydrogen (secondary N) is 1. The van der Waals surface area contributed by atoms with Gasteiger partial charge in [-0.3, -0.25) is 4.79 Å². The molecule has 0 saturated carbocycles. The number of hydrogen-bond acceptors (Lipinski definition) is 2. The SMILES string of the molecule is CC(=O)N[C@@H](C)c1ccc(C(=O)O)cc1. The monoisotopic (exact) mass is 207 g/mol. The average Bonchev–Trinajstić information content (AvgIpc) is 2.17. The van der Waals surface area contributed by atoms with Crippen molar-refractivity contribution in [2.45, 2.75) is 19.9 Å². The summed E-state index contributed by atoms with van der Waals surface area (Å²) in [6.07, 6.45) is 0. The Kier molecular flexibility index (Phi) is 3.44. The van der Waals surface area contributed by atoms with Crippen LogP contribution in [0.2, 0.25) is 0 Å². The van der Waals surface area contributed by atoms with E-state index in [0.29, 0.717) is 0 Å². The molecule has 0 saturated heterocycles. The van der Waals surface area contributed by atoms with E-state index in [1.165, 1.54) is 19.1 Å². The molecule has 1 rings (SSSR count). The van der Waals surface area contributed by atoms with Gasteiger partial charge in [-0.15, -0.1) is 0 Å². The van der Waals surface area contributed by atoms with Gasteiger partial charge in [-0.2, -0.15) is 0 Å². The van der Waals surface area contributed by atoms with Crippen molar-refractivity contribution in [3.63, 3.8) is 0 Å². The van der Waals surface area contributed by atoms with Gasteiger partial charge in [0.05, 0.1) is 11.6 Å². The van der Waals surface area contributed by atoms with Gasteiger partial charge in [-0.1, -0.05) is 12.1 Å². The molecular weight excluding hydrogens is 194 g/mol. The lowest BCUT2D eigenvalue weighted by atomic mass is 10.1. The van der Waals surface area contributed by atoms with Crippen LogP contribution in [-0.2, 0) is 4.79 Å². The first-order valence-corrected chi connectivity index (χ1v) is 4.61. The summed E-state index contributed by atoms with van der Waals surface area (Å²) in [7, 11) is 0. The maximum absolute atomic E-state index is 10.8. The molecule has 1 aromatic carbocycles. The second-order valence-electron chi connectivity index (χ2n) is 3.35. The summed E-state index contributed by atoms with van der Waals surface area (Å²) in [5.41, 5.74) is 1.13. The van der Waals surface area contributed by atoms with Crippen molar-refractivity contribution in [2.24, 2.45) is 0 Å². The zero-order chi connectivity index (χ0) is 11.4. The Bertz CT molecular complexity index is 370. The molecule has 1 atom stereocenters. The molecule has 2 N–H and O–H groups in total. The zero-order valence-electron chi connectivity index (χ0n) is 8.65. The molecule has 80 valence electrons. The first-order valence-electron chi connectivity index (χ1n) is 4.61. The van der Waals surface area contributed by atoms with Crippen molar-refractivity contribution >= 4 is 11.9 Å². The van der Waals surface area contributed by atoms with E-state index in [9.17, 15) is 9.59 Å². The summed E-state index contributed by atoms with van der Waals surface area (Å²) in [6.45, 7) is 3.29. The predicted octanol–water partition coefficient (Wildman–Crippen LogP) is 1.58. The molecule has 4 nitrogen and oxygen atoms in total. The number of carbonyl (C=O) groups is 2. The van der Waals surface area contributed by atoms with Crippen LogP contribution in [-0.4, -0.2) is 17.0 Å². The summed E-state index contributed by atoms with van der Waals surface area (Å²) >= 11 is 0. The van der Waals surface area contributed by atoms with Crippen LogP contribution in [0.4, 0.5) is 0 Å². The number of carboxylic acid groups (broad SMARTS) is 1. The molecule has 15 heavy (non-hydrogen) atoms. The number of rotatable bonds is 3. The Morgan fingerprint density at radius 2 is 1.80 bits per heavy atom. The first-order chi connectivity index (χ1) is 7.00. The summed E-state index contributed by atoms with van der Waals surface area (Å²) < 4.78 is 0. The summed E-state index contributed by atoms with van der Waals surface area (Å²) in [6, 6.07) is 6.34. The topological polar surface area (TPSA) is 66.4 Å². The first kappa shape index (κ1) is 11.2. The normalized spacial score (nSPS) is 11.9. The molecular formula is C11H13NO3. The predicted molar refractivity (Wildman–Crippen MR) is 55.6 cm³/mol. The Morgan fingerprint density at radius 1 is 1.27 bits per heavy atom. The molecule has 0 unspecified atom stereocenters. The number of carboxylic acids is 1. The maximum Gasteiger partial charge on any atom is 0.335 e. The third-order valence-electron chi connectivity index (χ3n) is 2.08. The van der Waals surface area contributed by atoms with Crippen molar-refractivity contribution in [2.75, 3.05) is 0 Å². The Labute approximate surface area is 87.9 Å². The molecule has 0 aliphatic heterocycles. The number of aromatic carboxylic acids is 1. The second kappa shape index (κ2) is 4.59. The summed E-state index contributed by atoms with van der Waals surface area (Å²) in [5, 5.41) is 11.4. The standard InChI is InChI=1S/C11H13NO3/c1-7(12-8(2)13)9-3-5-10(6-4-9)11(14)15/h3-7H,1-2H3,(H,12,13)(H,14,15)/t7-/m0/s1. The quantitative estimate of drug-likeness (QED) is 0.790. The molecule has 0 aliphatic carbocycles. The lowest BCUT2D eigenvalue weighted by Crippen LogP contribution is -2.23. The van der Waals surface area contributed by atoms with Crippen LogP contribution in [0.15, 0.2) is 24.3 Å². The van der Waals surface area contributed by atoms with Crippen molar-refractivity contribution in [1.29, 1.82) is 0 Å². The molecule has 0 fully saturated rings. The van der Waals surface area contributed by atoms with Crippen LogP contribution >= 0.6 is 0 Å². The van der Waals surface area contributed by atoms with Crippen molar-refractivity contribution in [3.8, 4) is 0 Å². The van der Waals surface area contributed by atoms with Crippen molar-refractivity contribution in [3.05, 3.63) is 35.4 Å². The van der Waals surface area contributed by atoms with E-state index in [0.717, 1.165) is 5.56 Å². The van der Waals surface area contributed by atoms with Gasteiger partial charge in [0.2, 0.25) is 5.91 Å². The molecule has 0 aliphatic rings. The fraction of sp³-hybridized carbons (Fsp3) is 0.273. The Balaban J connectivity index is 2.79. The van der Waals surface area contributed by atoms with E-state index < -0.39 is 5.97 Å². The maximum atomic E-state index is 10.8. The van der Waals surface area contributed by atoms with Gasteiger partial charge in [0, 0.05) is 6.92 Å². The van der Waals surface area contributed by atoms with Gasteiger partial charge in [0.1, 0.15) is 0 Å². The fourth-order valence-corrected chi connectivity index (χ4v) is 1.30. The van der Waals surface area contributed by atoms with E-state index in [1.807, 2.05) is 6.92 Å². The average molecular weight is 207 g/mol. The van der Waals surface area contributed by atoms with Gasteiger partial charge in [0.25, 0.3) is 0 Å². The minimum Gasteiger partial charge on any atom is -0.478 e. The molecule has 0 bridgehead atoms. The van der Waals surface area contributed by atoms with Crippen LogP contribution in [0.1, 0.15) is 35.8 Å². The van der Waals surface area contributed by atoms with Crippen LogP contribution in [0.3, 0.4) is 0 Å². The van der Waals surface area contributed by atoms with E-state index >= 15 is 0 Å². The molecule has 0 aromatic heterocycles. The molecule has 4 heteroatoms. The second-order valence-corrected chi connectivity index (χ2v) is 3.35. The lowest BCUT2D eigenvalue weighted by molar-refractivity contribution is -0.119. The lowest BCUT2D eigenvalue weighted by Gasteiger charge is -2.12. The molecule has 1 amide bonds. The molecule has 0 radical (unpaired) electrons. The zero-order valence-corrected chi connectivity index (χ0v) is 8.65. The highest BCUT2D eigenvalue weighted by molar-refractivity contribution is 5.87. The third-order valence-corrected chi connectivity index (χ3v) is 2.08. The fourth-order valence-electron chi connectivity index (χ4n) is 1.30. The minimum atomic E-state index is -0.950. The minimum absolute atomic E-state index is 0.106. The van der Waals surface area contributed by atoms with E-state index in [4.69, 9.17) is 5.11 Å². The number of hydrogen-bond donors (Lipinski definition) is 2. The van der Waals surface area contributed by atoms with Crippen LogP contribution in [0, 0.1) is 0 Å². The highest BCUT2D eigenvalue weighted by atomic mass is 16.4. The van der Waals surface area contributed by atoms with Crippen molar-refractivity contribution < 1.29 is 14.7 Å². The van der Waals surface area contributed by atoms with Gasteiger partial charge in [0.15, 0.2) is 0 Å². The van der Waals surface area contributed by atoms with Gasteiger partial charge in [-0.05, 0) is 24.6 Å². The summed E-state index contributed by atoms with van der Waals surface area (Å²) in [5.74, 6) is -1.06. The number of carbonyl (C=O) groups excluding carboxylic acids is 1. The van der Waals surface area contributed by atoms with Crippen LogP contribution < -0.4 is 5.32 Å². The Hall–Kier alpha value is -1.84. The van der Waals surface area contributed by atoms with Gasteiger partial charge >= 0.3 is 5.97 Å². The van der Waals surface area contributed by atoms with Crippen LogP contribution in [0.25, 0.3) is 0 Å². The highest BCUT2D eigenvalue weighted by Gasteiger charge is 2.07.